The van der Waals surface area contributed by atoms with Crippen molar-refractivity contribution in [2.45, 2.75) is 37.2 Å². The fourth-order valence-electron chi connectivity index (χ4n) is 2.51. The number of hydrogen-bond acceptors (Lipinski definition) is 4. The van der Waals surface area contributed by atoms with Gasteiger partial charge < -0.3 is 10.6 Å². The Morgan fingerprint density at radius 2 is 2.00 bits per heavy atom. The molecule has 118 valence electrons. The normalized spacial score (nSPS) is 18.1. The Bertz CT molecular complexity index is 611. The third kappa shape index (κ3) is 3.79. The van der Waals surface area contributed by atoms with Crippen LogP contribution in [-0.2, 0) is 16.6 Å². The molecule has 1 aromatic rings. The molecule has 1 saturated heterocycles. The molecule has 3 N–H and O–H groups in total. The van der Waals surface area contributed by atoms with Gasteiger partial charge in [0.25, 0.3) is 0 Å². The average Bonchev–Trinajstić information content (AvgIpc) is 2.43. The van der Waals surface area contributed by atoms with Crippen molar-refractivity contribution in [1.82, 2.24) is 9.62 Å². The Hall–Kier alpha value is -1.02. The van der Waals surface area contributed by atoms with Crippen LogP contribution in [0, 0.1) is 12.7 Å². The summed E-state index contributed by atoms with van der Waals surface area (Å²) in [4.78, 5) is 2.15. The zero-order valence-electron chi connectivity index (χ0n) is 12.4. The summed E-state index contributed by atoms with van der Waals surface area (Å²) in [6.45, 7) is 3.28. The second-order valence-electron chi connectivity index (χ2n) is 5.60. The van der Waals surface area contributed by atoms with Gasteiger partial charge in [-0.2, -0.15) is 0 Å². The molecule has 2 rings (SSSR count). The number of benzene rings is 1. The van der Waals surface area contributed by atoms with E-state index >= 15 is 0 Å². The highest BCUT2D eigenvalue weighted by Crippen LogP contribution is 2.22. The van der Waals surface area contributed by atoms with Gasteiger partial charge in [-0.3, -0.25) is 0 Å². The first-order valence-corrected chi connectivity index (χ1v) is 8.52. The van der Waals surface area contributed by atoms with E-state index < -0.39 is 15.8 Å². The molecule has 7 heteroatoms. The van der Waals surface area contributed by atoms with Crippen molar-refractivity contribution in [2.75, 3.05) is 20.1 Å². The van der Waals surface area contributed by atoms with Gasteiger partial charge in [-0.15, -0.1) is 0 Å². The smallest absolute Gasteiger partial charge is 0.241 e. The zero-order valence-corrected chi connectivity index (χ0v) is 13.2. The molecule has 0 unspecified atom stereocenters. The van der Waals surface area contributed by atoms with E-state index in [4.69, 9.17) is 5.73 Å². The molecule has 0 bridgehead atoms. The van der Waals surface area contributed by atoms with Crippen molar-refractivity contribution in [3.8, 4) is 0 Å². The summed E-state index contributed by atoms with van der Waals surface area (Å²) in [6.07, 6.45) is 1.52. The Labute approximate surface area is 125 Å². The van der Waals surface area contributed by atoms with Gasteiger partial charge in [0.2, 0.25) is 10.0 Å². The summed E-state index contributed by atoms with van der Waals surface area (Å²) >= 11 is 0. The lowest BCUT2D eigenvalue weighted by Crippen LogP contribution is -2.43. The van der Waals surface area contributed by atoms with Gasteiger partial charge in [-0.25, -0.2) is 17.5 Å². The van der Waals surface area contributed by atoms with E-state index in [1.165, 1.54) is 19.1 Å². The molecule has 0 spiro atoms. The van der Waals surface area contributed by atoms with Crippen molar-refractivity contribution in [3.63, 3.8) is 0 Å². The Balaban J connectivity index is 2.25. The van der Waals surface area contributed by atoms with Crippen molar-refractivity contribution in [2.24, 2.45) is 5.73 Å². The van der Waals surface area contributed by atoms with Crippen LogP contribution in [0.15, 0.2) is 17.0 Å². The number of likely N-dealkylation sites (tertiary alicyclic amines) is 1. The number of hydrogen-bond donors (Lipinski definition) is 2. The van der Waals surface area contributed by atoms with E-state index in [2.05, 4.69) is 9.62 Å². The first-order valence-electron chi connectivity index (χ1n) is 7.03. The molecule has 0 aromatic heterocycles. The van der Waals surface area contributed by atoms with Crippen LogP contribution in [0.3, 0.4) is 0 Å². The summed E-state index contributed by atoms with van der Waals surface area (Å²) in [7, 11) is -1.72. The van der Waals surface area contributed by atoms with E-state index in [1.54, 1.807) is 0 Å². The SMILES string of the molecule is Cc1c(F)cc(CN)cc1S(=O)(=O)NC1CCN(C)CC1. The van der Waals surface area contributed by atoms with Crippen molar-refractivity contribution in [1.29, 1.82) is 0 Å². The molecule has 21 heavy (non-hydrogen) atoms. The maximum Gasteiger partial charge on any atom is 0.241 e. The molecule has 1 fully saturated rings. The highest BCUT2D eigenvalue weighted by molar-refractivity contribution is 7.89. The van der Waals surface area contributed by atoms with Crippen LogP contribution >= 0.6 is 0 Å². The number of nitrogens with zero attached hydrogens (tertiary/aromatic N) is 1. The summed E-state index contributed by atoms with van der Waals surface area (Å²) < 4.78 is 41.5. The second-order valence-corrected chi connectivity index (χ2v) is 7.29. The Morgan fingerprint density at radius 1 is 1.38 bits per heavy atom. The number of piperidine rings is 1. The molecule has 1 aliphatic rings. The highest BCUT2D eigenvalue weighted by atomic mass is 32.2. The molecule has 1 aromatic carbocycles. The predicted molar refractivity (Wildman–Crippen MR) is 79.9 cm³/mol. The third-order valence-electron chi connectivity index (χ3n) is 3.92. The third-order valence-corrected chi connectivity index (χ3v) is 5.57. The number of rotatable bonds is 4. The molecule has 0 amide bonds. The molecule has 0 atom stereocenters. The van der Waals surface area contributed by atoms with Gasteiger partial charge in [0.1, 0.15) is 5.82 Å². The minimum atomic E-state index is -3.73. The molecule has 1 aliphatic heterocycles. The van der Waals surface area contributed by atoms with Gasteiger partial charge in [0.05, 0.1) is 4.90 Å². The van der Waals surface area contributed by atoms with Crippen LogP contribution in [-0.4, -0.2) is 39.5 Å². The molecule has 0 saturated carbocycles. The van der Waals surface area contributed by atoms with E-state index in [1.807, 2.05) is 7.05 Å². The van der Waals surface area contributed by atoms with Crippen LogP contribution in [0.25, 0.3) is 0 Å². The van der Waals surface area contributed by atoms with Gasteiger partial charge in [-0.05, 0) is 57.6 Å². The van der Waals surface area contributed by atoms with Crippen molar-refractivity contribution >= 4 is 10.0 Å². The van der Waals surface area contributed by atoms with E-state index in [0.717, 1.165) is 25.9 Å². The lowest BCUT2D eigenvalue weighted by molar-refractivity contribution is 0.248. The number of halogens is 1. The largest absolute Gasteiger partial charge is 0.326 e. The monoisotopic (exact) mass is 315 g/mol. The van der Waals surface area contributed by atoms with Crippen molar-refractivity contribution < 1.29 is 12.8 Å². The quantitative estimate of drug-likeness (QED) is 0.868. The lowest BCUT2D eigenvalue weighted by Gasteiger charge is -2.29. The highest BCUT2D eigenvalue weighted by Gasteiger charge is 2.25. The number of sulfonamides is 1. The topological polar surface area (TPSA) is 75.4 Å². The molecule has 0 radical (unpaired) electrons. The summed E-state index contributed by atoms with van der Waals surface area (Å²) in [5.41, 5.74) is 6.10. The van der Waals surface area contributed by atoms with E-state index in [-0.39, 0.29) is 23.0 Å². The standard InChI is InChI=1S/C14H22FN3O2S/c1-10-13(15)7-11(9-16)8-14(10)21(19,20)17-12-3-5-18(2)6-4-12/h7-8,12,17H,3-6,9,16H2,1-2H3. The first kappa shape index (κ1) is 16.4. The minimum absolute atomic E-state index is 0.0121. The summed E-state index contributed by atoms with van der Waals surface area (Å²) in [6, 6.07) is 2.63. The van der Waals surface area contributed by atoms with Gasteiger partial charge in [0.15, 0.2) is 0 Å². The minimum Gasteiger partial charge on any atom is -0.326 e. The van der Waals surface area contributed by atoms with Crippen LogP contribution in [0.2, 0.25) is 0 Å². The second kappa shape index (κ2) is 6.39. The average molecular weight is 315 g/mol. The van der Waals surface area contributed by atoms with Crippen LogP contribution in [0.1, 0.15) is 24.0 Å². The Kier molecular flexibility index (Phi) is 4.98. The fourth-order valence-corrected chi connectivity index (χ4v) is 4.12. The number of nitrogens with two attached hydrogens (primary N) is 1. The van der Waals surface area contributed by atoms with Crippen LogP contribution in [0.5, 0.6) is 0 Å². The zero-order chi connectivity index (χ0) is 15.6. The van der Waals surface area contributed by atoms with Crippen LogP contribution in [0.4, 0.5) is 4.39 Å². The maximum atomic E-state index is 13.8. The van der Waals surface area contributed by atoms with Crippen LogP contribution < -0.4 is 10.5 Å². The molecule has 0 aliphatic carbocycles. The maximum absolute atomic E-state index is 13.8. The van der Waals surface area contributed by atoms with Gasteiger partial charge >= 0.3 is 0 Å². The van der Waals surface area contributed by atoms with Gasteiger partial charge in [0, 0.05) is 18.2 Å². The summed E-state index contributed by atoms with van der Waals surface area (Å²) in [5, 5.41) is 0. The Morgan fingerprint density at radius 3 is 2.57 bits per heavy atom. The fraction of sp³-hybridized carbons (Fsp3) is 0.571. The van der Waals surface area contributed by atoms with Crippen molar-refractivity contribution in [3.05, 3.63) is 29.1 Å². The van der Waals surface area contributed by atoms with Gasteiger partial charge in [-0.1, -0.05) is 0 Å². The molecular formula is C14H22FN3O2S. The summed E-state index contributed by atoms with van der Waals surface area (Å²) in [5.74, 6) is -0.540. The molecule has 5 nitrogen and oxygen atoms in total. The molecule has 1 heterocycles. The van der Waals surface area contributed by atoms with E-state index in [0.29, 0.717) is 5.56 Å². The number of nitrogens with one attached hydrogen (secondary N) is 1. The lowest BCUT2D eigenvalue weighted by atomic mass is 10.1. The van der Waals surface area contributed by atoms with E-state index in [9.17, 15) is 12.8 Å². The predicted octanol–water partition coefficient (Wildman–Crippen LogP) is 0.965. The molecular weight excluding hydrogens is 293 g/mol. The first-order chi connectivity index (χ1) is 9.83.